The number of nitrogens with one attached hydrogen (secondary N) is 2. The van der Waals surface area contributed by atoms with Gasteiger partial charge in [-0.25, -0.2) is 4.98 Å². The summed E-state index contributed by atoms with van der Waals surface area (Å²) in [6, 6.07) is 7.80. The summed E-state index contributed by atoms with van der Waals surface area (Å²) in [6.45, 7) is 6.92. The van der Waals surface area contributed by atoms with Gasteiger partial charge in [-0.1, -0.05) is 17.7 Å². The van der Waals surface area contributed by atoms with Crippen LogP contribution >= 0.6 is 0 Å². The average Bonchev–Trinajstić information content (AvgIpc) is 2.53. The van der Waals surface area contributed by atoms with Crippen molar-refractivity contribution in [2.24, 2.45) is 0 Å². The molecule has 2 aromatic rings. The zero-order chi connectivity index (χ0) is 17.7. The molecule has 6 nitrogen and oxygen atoms in total. The number of rotatable bonds is 6. The van der Waals surface area contributed by atoms with Crippen LogP contribution in [0.4, 0.5) is 11.8 Å². The molecule has 0 fully saturated rings. The third kappa shape index (κ3) is 4.68. The third-order valence-corrected chi connectivity index (χ3v) is 3.63. The van der Waals surface area contributed by atoms with Gasteiger partial charge in [0.2, 0.25) is 5.95 Å². The number of hydrogen-bond acceptors (Lipinski definition) is 5. The smallest absolute Gasteiger partial charge is 0.251 e. The Labute approximate surface area is 143 Å². The van der Waals surface area contributed by atoms with Crippen molar-refractivity contribution in [1.29, 1.82) is 0 Å². The lowest BCUT2D eigenvalue weighted by Gasteiger charge is -2.14. The lowest BCUT2D eigenvalue weighted by molar-refractivity contribution is 0.0954. The van der Waals surface area contributed by atoms with Crippen LogP contribution in [0.25, 0.3) is 0 Å². The molecule has 2 N–H and O–H groups in total. The minimum absolute atomic E-state index is 0.0582. The van der Waals surface area contributed by atoms with Crippen LogP contribution in [0, 0.1) is 20.8 Å². The Balaban J connectivity index is 1.89. The minimum atomic E-state index is -0.0582. The molecule has 1 aromatic carbocycles. The molecule has 1 aromatic heterocycles. The molecule has 0 saturated heterocycles. The molecule has 0 bridgehead atoms. The fourth-order valence-electron chi connectivity index (χ4n) is 2.29. The van der Waals surface area contributed by atoms with Gasteiger partial charge in [0.25, 0.3) is 5.91 Å². The van der Waals surface area contributed by atoms with Crippen molar-refractivity contribution in [3.8, 4) is 0 Å². The maximum Gasteiger partial charge on any atom is 0.251 e. The Bertz CT molecular complexity index is 727. The zero-order valence-corrected chi connectivity index (χ0v) is 15.0. The van der Waals surface area contributed by atoms with E-state index in [-0.39, 0.29) is 5.91 Å². The van der Waals surface area contributed by atoms with E-state index in [9.17, 15) is 4.79 Å². The Kier molecular flexibility index (Phi) is 5.73. The van der Waals surface area contributed by atoms with E-state index >= 15 is 0 Å². The molecule has 1 heterocycles. The minimum Gasteiger partial charge on any atom is -0.363 e. The van der Waals surface area contributed by atoms with Crippen LogP contribution in [-0.4, -0.2) is 43.1 Å². The van der Waals surface area contributed by atoms with Gasteiger partial charge in [0.05, 0.1) is 0 Å². The maximum atomic E-state index is 12.2. The summed E-state index contributed by atoms with van der Waals surface area (Å²) in [7, 11) is 3.88. The number of hydrogen-bond donors (Lipinski definition) is 2. The van der Waals surface area contributed by atoms with Crippen LogP contribution in [0.1, 0.15) is 27.2 Å². The van der Waals surface area contributed by atoms with E-state index in [1.807, 2.05) is 64.0 Å². The van der Waals surface area contributed by atoms with Crippen LogP contribution in [0.5, 0.6) is 0 Å². The first kappa shape index (κ1) is 17.7. The number of nitrogens with zero attached hydrogens (tertiary/aromatic N) is 3. The second kappa shape index (κ2) is 7.77. The monoisotopic (exact) mass is 327 g/mol. The van der Waals surface area contributed by atoms with Crippen molar-refractivity contribution >= 4 is 17.7 Å². The topological polar surface area (TPSA) is 70.2 Å². The molecule has 0 unspecified atom stereocenters. The summed E-state index contributed by atoms with van der Waals surface area (Å²) in [6.07, 6.45) is 0. The van der Waals surface area contributed by atoms with E-state index in [2.05, 4.69) is 20.6 Å². The lowest BCUT2D eigenvalue weighted by Crippen LogP contribution is -2.29. The molecular formula is C18H25N5O. The van der Waals surface area contributed by atoms with Gasteiger partial charge in [-0.2, -0.15) is 4.98 Å². The predicted octanol–water partition coefficient (Wildman–Crippen LogP) is 2.31. The largest absolute Gasteiger partial charge is 0.363 e. The lowest BCUT2D eigenvalue weighted by atomic mass is 10.1. The predicted molar refractivity (Wildman–Crippen MR) is 97.8 cm³/mol. The number of aryl methyl sites for hydroxylation is 3. The van der Waals surface area contributed by atoms with E-state index in [0.717, 1.165) is 28.2 Å². The SMILES string of the molecule is Cc1ccc(C)c(C(=O)NCCNc2nc(C)cc(N(C)C)n2)c1. The second-order valence-electron chi connectivity index (χ2n) is 6.09. The van der Waals surface area contributed by atoms with E-state index in [1.54, 1.807) is 0 Å². The molecule has 0 atom stereocenters. The van der Waals surface area contributed by atoms with Crippen molar-refractivity contribution in [3.05, 3.63) is 46.6 Å². The Morgan fingerprint density at radius 2 is 1.83 bits per heavy atom. The zero-order valence-electron chi connectivity index (χ0n) is 15.0. The summed E-state index contributed by atoms with van der Waals surface area (Å²) in [5.41, 5.74) is 3.67. The van der Waals surface area contributed by atoms with Crippen molar-refractivity contribution in [1.82, 2.24) is 15.3 Å². The molecule has 0 aliphatic carbocycles. The Hall–Kier alpha value is -2.63. The fourth-order valence-corrected chi connectivity index (χ4v) is 2.29. The molecule has 0 aliphatic heterocycles. The van der Waals surface area contributed by atoms with E-state index < -0.39 is 0 Å². The molecule has 1 amide bonds. The number of amides is 1. The molecular weight excluding hydrogens is 302 g/mol. The number of carbonyl (C=O) groups excluding carboxylic acids is 1. The number of anilines is 2. The van der Waals surface area contributed by atoms with Crippen LogP contribution in [0.3, 0.4) is 0 Å². The highest BCUT2D eigenvalue weighted by molar-refractivity contribution is 5.95. The van der Waals surface area contributed by atoms with Gasteiger partial charge < -0.3 is 15.5 Å². The summed E-state index contributed by atoms with van der Waals surface area (Å²) in [4.78, 5) is 23.0. The summed E-state index contributed by atoms with van der Waals surface area (Å²) < 4.78 is 0. The fraction of sp³-hybridized carbons (Fsp3) is 0.389. The van der Waals surface area contributed by atoms with Crippen molar-refractivity contribution in [2.45, 2.75) is 20.8 Å². The second-order valence-corrected chi connectivity index (χ2v) is 6.09. The van der Waals surface area contributed by atoms with Gasteiger partial charge in [-0.3, -0.25) is 4.79 Å². The molecule has 6 heteroatoms. The number of benzene rings is 1. The molecule has 0 aliphatic rings. The molecule has 2 rings (SSSR count). The first-order chi connectivity index (χ1) is 11.4. The Morgan fingerprint density at radius 1 is 1.08 bits per heavy atom. The van der Waals surface area contributed by atoms with Gasteiger partial charge in [0.1, 0.15) is 5.82 Å². The summed E-state index contributed by atoms with van der Waals surface area (Å²) in [5.74, 6) is 1.36. The van der Waals surface area contributed by atoms with Gasteiger partial charge in [-0.05, 0) is 32.4 Å². The first-order valence-electron chi connectivity index (χ1n) is 7.99. The quantitative estimate of drug-likeness (QED) is 0.797. The van der Waals surface area contributed by atoms with Crippen LogP contribution in [-0.2, 0) is 0 Å². The standard InChI is InChI=1S/C18H25N5O/c1-12-6-7-13(2)15(10-12)17(24)19-8-9-20-18-21-14(3)11-16(22-18)23(4)5/h6-7,10-11H,8-9H2,1-5H3,(H,19,24)(H,20,21,22). The van der Waals surface area contributed by atoms with Crippen molar-refractivity contribution in [2.75, 3.05) is 37.4 Å². The van der Waals surface area contributed by atoms with Gasteiger partial charge in [0, 0.05) is 44.5 Å². The number of aromatic nitrogens is 2. The average molecular weight is 327 g/mol. The van der Waals surface area contributed by atoms with Gasteiger partial charge in [0.15, 0.2) is 0 Å². The van der Waals surface area contributed by atoms with Crippen LogP contribution in [0.2, 0.25) is 0 Å². The van der Waals surface area contributed by atoms with E-state index in [1.165, 1.54) is 0 Å². The van der Waals surface area contributed by atoms with Gasteiger partial charge in [-0.15, -0.1) is 0 Å². The summed E-state index contributed by atoms with van der Waals surface area (Å²) in [5, 5.41) is 6.07. The van der Waals surface area contributed by atoms with Crippen LogP contribution in [0.15, 0.2) is 24.3 Å². The highest BCUT2D eigenvalue weighted by Crippen LogP contribution is 2.12. The van der Waals surface area contributed by atoms with Crippen molar-refractivity contribution in [3.63, 3.8) is 0 Å². The number of carbonyl (C=O) groups is 1. The maximum absolute atomic E-state index is 12.2. The summed E-state index contributed by atoms with van der Waals surface area (Å²) >= 11 is 0. The molecule has 24 heavy (non-hydrogen) atoms. The molecule has 128 valence electrons. The van der Waals surface area contributed by atoms with Gasteiger partial charge >= 0.3 is 0 Å². The molecule has 0 radical (unpaired) electrons. The van der Waals surface area contributed by atoms with E-state index in [4.69, 9.17) is 0 Å². The normalized spacial score (nSPS) is 10.4. The molecule has 0 spiro atoms. The Morgan fingerprint density at radius 3 is 2.54 bits per heavy atom. The highest BCUT2D eigenvalue weighted by atomic mass is 16.1. The first-order valence-corrected chi connectivity index (χ1v) is 7.99. The molecule has 0 saturated carbocycles. The van der Waals surface area contributed by atoms with E-state index in [0.29, 0.717) is 19.0 Å². The third-order valence-electron chi connectivity index (χ3n) is 3.63. The van der Waals surface area contributed by atoms with Crippen molar-refractivity contribution < 1.29 is 4.79 Å². The van der Waals surface area contributed by atoms with Crippen LogP contribution < -0.4 is 15.5 Å². The highest BCUT2D eigenvalue weighted by Gasteiger charge is 2.08.